The highest BCUT2D eigenvalue weighted by Gasteiger charge is 2.09. The topological polar surface area (TPSA) is 56.7 Å². The predicted molar refractivity (Wildman–Crippen MR) is 75.4 cm³/mol. The maximum Gasteiger partial charge on any atom is 0.123 e. The number of anilines is 1. The Bertz CT molecular complexity index is 736. The average Bonchev–Trinajstić information content (AvgIpc) is 2.87. The third-order valence-corrected chi connectivity index (χ3v) is 3.09. The van der Waals surface area contributed by atoms with E-state index < -0.39 is 0 Å². The van der Waals surface area contributed by atoms with Crippen molar-refractivity contribution < 1.29 is 4.39 Å². The molecule has 0 saturated heterocycles. The lowest BCUT2D eigenvalue weighted by atomic mass is 10.1. The number of aromatic nitrogens is 3. The first-order valence-electron chi connectivity index (χ1n) is 6.18. The maximum absolute atomic E-state index is 13.2. The van der Waals surface area contributed by atoms with Crippen molar-refractivity contribution in [1.82, 2.24) is 14.5 Å². The highest BCUT2D eigenvalue weighted by molar-refractivity contribution is 5.72. The van der Waals surface area contributed by atoms with Gasteiger partial charge in [-0.3, -0.25) is 4.98 Å². The molecule has 3 rings (SSSR count). The molecule has 0 bridgehead atoms. The van der Waals surface area contributed by atoms with Crippen LogP contribution < -0.4 is 5.73 Å². The predicted octanol–water partition coefficient (Wildman–Crippen LogP) is 2.71. The fourth-order valence-corrected chi connectivity index (χ4v) is 2.12. The van der Waals surface area contributed by atoms with Crippen LogP contribution in [0.2, 0.25) is 0 Å². The third kappa shape index (κ3) is 2.38. The first kappa shape index (κ1) is 12.3. The van der Waals surface area contributed by atoms with Crippen LogP contribution in [-0.2, 0) is 6.54 Å². The van der Waals surface area contributed by atoms with E-state index in [0.29, 0.717) is 12.2 Å². The Hall–Kier alpha value is -2.69. The van der Waals surface area contributed by atoms with Gasteiger partial charge in [-0.05, 0) is 23.8 Å². The van der Waals surface area contributed by atoms with Crippen molar-refractivity contribution in [3.8, 4) is 11.3 Å². The Balaban J connectivity index is 1.97. The van der Waals surface area contributed by atoms with Gasteiger partial charge >= 0.3 is 0 Å². The van der Waals surface area contributed by atoms with Gasteiger partial charge < -0.3 is 10.3 Å². The summed E-state index contributed by atoms with van der Waals surface area (Å²) >= 11 is 0. The lowest BCUT2D eigenvalue weighted by Gasteiger charge is -2.10. The van der Waals surface area contributed by atoms with E-state index in [9.17, 15) is 4.39 Å². The Labute approximate surface area is 115 Å². The van der Waals surface area contributed by atoms with Crippen molar-refractivity contribution in [3.63, 3.8) is 0 Å². The smallest absolute Gasteiger partial charge is 0.123 e. The summed E-state index contributed by atoms with van der Waals surface area (Å²) in [6.07, 6.45) is 6.78. The number of hydrogen-bond donors (Lipinski definition) is 1. The lowest BCUT2D eigenvalue weighted by molar-refractivity contribution is 0.623. The zero-order chi connectivity index (χ0) is 13.9. The molecule has 3 aromatic rings. The van der Waals surface area contributed by atoms with E-state index in [1.165, 1.54) is 12.1 Å². The van der Waals surface area contributed by atoms with E-state index in [-0.39, 0.29) is 5.82 Å². The summed E-state index contributed by atoms with van der Waals surface area (Å²) in [6.45, 7) is 0.529. The van der Waals surface area contributed by atoms with Crippen molar-refractivity contribution in [2.45, 2.75) is 6.54 Å². The van der Waals surface area contributed by atoms with Crippen molar-refractivity contribution in [1.29, 1.82) is 0 Å². The molecule has 0 aliphatic heterocycles. The molecule has 2 heterocycles. The van der Waals surface area contributed by atoms with E-state index in [2.05, 4.69) is 9.97 Å². The zero-order valence-electron chi connectivity index (χ0n) is 10.7. The number of imidazole rings is 1. The van der Waals surface area contributed by atoms with Gasteiger partial charge in [-0.25, -0.2) is 9.37 Å². The standard InChI is InChI=1S/C15H13FN4/c16-12-3-1-2-11(6-12)9-20-10-19-8-15(20)13-7-18-5-4-14(13)17/h1-8,10H,9H2,(H2,17,18). The Morgan fingerprint density at radius 1 is 1.15 bits per heavy atom. The van der Waals surface area contributed by atoms with Crippen molar-refractivity contribution >= 4 is 5.69 Å². The van der Waals surface area contributed by atoms with Gasteiger partial charge in [-0.2, -0.15) is 0 Å². The number of halogens is 1. The van der Waals surface area contributed by atoms with Crippen molar-refractivity contribution in [2.75, 3.05) is 5.73 Å². The molecule has 0 aliphatic rings. The lowest BCUT2D eigenvalue weighted by Crippen LogP contribution is -2.02. The number of hydrogen-bond acceptors (Lipinski definition) is 3. The summed E-state index contributed by atoms with van der Waals surface area (Å²) in [6, 6.07) is 8.25. The fourth-order valence-electron chi connectivity index (χ4n) is 2.12. The van der Waals surface area contributed by atoms with Crippen LogP contribution in [0, 0.1) is 5.82 Å². The summed E-state index contributed by atoms with van der Waals surface area (Å²) in [5, 5.41) is 0. The van der Waals surface area contributed by atoms with Crippen LogP contribution in [0.25, 0.3) is 11.3 Å². The van der Waals surface area contributed by atoms with Gasteiger partial charge in [0.15, 0.2) is 0 Å². The minimum atomic E-state index is -0.245. The minimum absolute atomic E-state index is 0.245. The minimum Gasteiger partial charge on any atom is -0.398 e. The van der Waals surface area contributed by atoms with Crippen LogP contribution in [-0.4, -0.2) is 14.5 Å². The molecule has 0 amide bonds. The zero-order valence-corrected chi connectivity index (χ0v) is 10.7. The van der Waals surface area contributed by atoms with Gasteiger partial charge in [0.2, 0.25) is 0 Å². The highest BCUT2D eigenvalue weighted by atomic mass is 19.1. The molecule has 0 unspecified atom stereocenters. The quantitative estimate of drug-likeness (QED) is 0.794. The van der Waals surface area contributed by atoms with Gasteiger partial charge in [0, 0.05) is 30.2 Å². The molecule has 1 aromatic carbocycles. The molecule has 100 valence electrons. The molecule has 0 saturated carbocycles. The van der Waals surface area contributed by atoms with E-state index in [1.807, 2.05) is 10.6 Å². The summed E-state index contributed by atoms with van der Waals surface area (Å²) in [5.74, 6) is -0.245. The summed E-state index contributed by atoms with van der Waals surface area (Å²) in [7, 11) is 0. The van der Waals surface area contributed by atoms with Crippen molar-refractivity contribution in [2.24, 2.45) is 0 Å². The van der Waals surface area contributed by atoms with Gasteiger partial charge in [-0.1, -0.05) is 12.1 Å². The molecular weight excluding hydrogens is 255 g/mol. The number of rotatable bonds is 3. The molecule has 0 radical (unpaired) electrons. The second kappa shape index (κ2) is 5.13. The van der Waals surface area contributed by atoms with E-state index in [1.54, 1.807) is 37.1 Å². The Morgan fingerprint density at radius 3 is 2.85 bits per heavy atom. The maximum atomic E-state index is 13.2. The number of pyridine rings is 1. The Kier molecular flexibility index (Phi) is 3.16. The van der Waals surface area contributed by atoms with Gasteiger partial charge in [-0.15, -0.1) is 0 Å². The first-order valence-corrected chi connectivity index (χ1v) is 6.18. The van der Waals surface area contributed by atoms with Crippen LogP contribution in [0.3, 0.4) is 0 Å². The molecule has 2 N–H and O–H groups in total. The molecule has 0 spiro atoms. The van der Waals surface area contributed by atoms with Crippen molar-refractivity contribution in [3.05, 3.63) is 66.6 Å². The molecule has 2 aromatic heterocycles. The molecule has 0 aliphatic carbocycles. The van der Waals surface area contributed by atoms with Gasteiger partial charge in [0.25, 0.3) is 0 Å². The first-order chi connectivity index (χ1) is 9.74. The molecule has 4 nitrogen and oxygen atoms in total. The molecular formula is C15H13FN4. The number of nitrogen functional groups attached to an aromatic ring is 1. The second-order valence-electron chi connectivity index (χ2n) is 4.50. The van der Waals surface area contributed by atoms with Gasteiger partial charge in [0.1, 0.15) is 5.82 Å². The number of nitrogens with zero attached hydrogens (tertiary/aromatic N) is 3. The Morgan fingerprint density at radius 2 is 2.05 bits per heavy atom. The normalized spacial score (nSPS) is 10.7. The van der Waals surface area contributed by atoms with Crippen LogP contribution >= 0.6 is 0 Å². The van der Waals surface area contributed by atoms with Crippen LogP contribution in [0.4, 0.5) is 10.1 Å². The highest BCUT2D eigenvalue weighted by Crippen LogP contribution is 2.24. The van der Waals surface area contributed by atoms with E-state index in [0.717, 1.165) is 16.8 Å². The van der Waals surface area contributed by atoms with Crippen LogP contribution in [0.1, 0.15) is 5.56 Å². The summed E-state index contributed by atoms with van der Waals surface area (Å²) in [4.78, 5) is 8.23. The van der Waals surface area contributed by atoms with Gasteiger partial charge in [0.05, 0.1) is 18.2 Å². The summed E-state index contributed by atoms with van der Waals surface area (Å²) < 4.78 is 15.1. The SMILES string of the molecule is Nc1ccncc1-c1cncn1Cc1cccc(F)c1. The number of benzene rings is 1. The third-order valence-electron chi connectivity index (χ3n) is 3.09. The second-order valence-corrected chi connectivity index (χ2v) is 4.50. The fraction of sp³-hybridized carbons (Fsp3) is 0.0667. The number of nitrogens with two attached hydrogens (primary N) is 1. The molecule has 5 heteroatoms. The summed E-state index contributed by atoms with van der Waals surface area (Å²) in [5.41, 5.74) is 9.15. The largest absolute Gasteiger partial charge is 0.398 e. The molecule has 0 fully saturated rings. The average molecular weight is 268 g/mol. The monoisotopic (exact) mass is 268 g/mol. The molecule has 0 atom stereocenters. The van der Waals surface area contributed by atoms with E-state index in [4.69, 9.17) is 5.73 Å². The van der Waals surface area contributed by atoms with E-state index >= 15 is 0 Å². The van der Waals surface area contributed by atoms with Crippen LogP contribution in [0.5, 0.6) is 0 Å². The molecule has 20 heavy (non-hydrogen) atoms. The van der Waals surface area contributed by atoms with Crippen LogP contribution in [0.15, 0.2) is 55.2 Å².